The number of carbonyl (C=O) groups is 1. The Morgan fingerprint density at radius 3 is 2.75 bits per heavy atom. The lowest BCUT2D eigenvalue weighted by molar-refractivity contribution is -0.385. The predicted molar refractivity (Wildman–Crippen MR) is 72.8 cm³/mol. The van der Waals surface area contributed by atoms with Crippen molar-refractivity contribution in [3.05, 3.63) is 33.9 Å². The second-order valence-electron chi connectivity index (χ2n) is 4.57. The molecule has 7 heteroatoms. The SMILES string of the molecule is COc1ccc(CC(=O)N2CCNCC2)cc1[N+](=O)[O-]. The molecule has 20 heavy (non-hydrogen) atoms. The minimum Gasteiger partial charge on any atom is -0.490 e. The molecule has 1 aromatic rings. The fraction of sp³-hybridized carbons (Fsp3) is 0.462. The summed E-state index contributed by atoms with van der Waals surface area (Å²) in [6.07, 6.45) is 0.171. The first kappa shape index (κ1) is 14.3. The summed E-state index contributed by atoms with van der Waals surface area (Å²) in [5.74, 6) is 0.194. The lowest BCUT2D eigenvalue weighted by Crippen LogP contribution is -2.46. The number of rotatable bonds is 4. The van der Waals surface area contributed by atoms with E-state index >= 15 is 0 Å². The van der Waals surface area contributed by atoms with Crippen LogP contribution in [0.25, 0.3) is 0 Å². The van der Waals surface area contributed by atoms with Gasteiger partial charge >= 0.3 is 5.69 Å². The highest BCUT2D eigenvalue weighted by Gasteiger charge is 2.19. The molecule has 0 radical (unpaired) electrons. The standard InChI is InChI=1S/C13H17N3O4/c1-20-12-3-2-10(8-11(12)16(18)19)9-13(17)15-6-4-14-5-7-15/h2-3,8,14H,4-7,9H2,1H3. The van der Waals surface area contributed by atoms with Gasteiger partial charge in [-0.1, -0.05) is 6.07 Å². The number of methoxy groups -OCH3 is 1. The number of nitrogens with one attached hydrogen (secondary N) is 1. The summed E-state index contributed by atoms with van der Waals surface area (Å²) in [5.41, 5.74) is 0.513. The van der Waals surface area contributed by atoms with Crippen LogP contribution in [0.15, 0.2) is 18.2 Å². The van der Waals surface area contributed by atoms with Crippen LogP contribution in [0.5, 0.6) is 5.75 Å². The summed E-state index contributed by atoms with van der Waals surface area (Å²) < 4.78 is 4.94. The maximum atomic E-state index is 12.1. The van der Waals surface area contributed by atoms with Gasteiger partial charge in [0.25, 0.3) is 0 Å². The van der Waals surface area contributed by atoms with Crippen molar-refractivity contribution in [1.29, 1.82) is 0 Å². The van der Waals surface area contributed by atoms with Crippen molar-refractivity contribution in [1.82, 2.24) is 10.2 Å². The number of hydrogen-bond acceptors (Lipinski definition) is 5. The molecule has 1 aromatic carbocycles. The highest BCUT2D eigenvalue weighted by molar-refractivity contribution is 5.79. The van der Waals surface area contributed by atoms with Crippen molar-refractivity contribution in [2.24, 2.45) is 0 Å². The minimum atomic E-state index is -0.502. The Kier molecular flexibility index (Phi) is 4.52. The normalized spacial score (nSPS) is 14.9. The number of benzene rings is 1. The fourth-order valence-electron chi connectivity index (χ4n) is 2.19. The van der Waals surface area contributed by atoms with Crippen LogP contribution in [0.2, 0.25) is 0 Å². The van der Waals surface area contributed by atoms with E-state index in [0.29, 0.717) is 18.7 Å². The van der Waals surface area contributed by atoms with E-state index in [4.69, 9.17) is 4.74 Å². The summed E-state index contributed by atoms with van der Waals surface area (Å²) in [4.78, 5) is 24.3. The van der Waals surface area contributed by atoms with Crippen LogP contribution in [0.3, 0.4) is 0 Å². The summed E-state index contributed by atoms with van der Waals surface area (Å²) >= 11 is 0. The molecular weight excluding hydrogens is 262 g/mol. The van der Waals surface area contributed by atoms with Crippen molar-refractivity contribution in [2.75, 3.05) is 33.3 Å². The Bertz CT molecular complexity index is 512. The molecule has 0 bridgehead atoms. The van der Waals surface area contributed by atoms with E-state index in [0.717, 1.165) is 13.1 Å². The van der Waals surface area contributed by atoms with Crippen LogP contribution in [-0.4, -0.2) is 49.0 Å². The van der Waals surface area contributed by atoms with Gasteiger partial charge in [-0.15, -0.1) is 0 Å². The number of piperazine rings is 1. The maximum absolute atomic E-state index is 12.1. The summed E-state index contributed by atoms with van der Waals surface area (Å²) in [7, 11) is 1.38. The van der Waals surface area contributed by atoms with Crippen molar-refractivity contribution >= 4 is 11.6 Å². The van der Waals surface area contributed by atoms with Gasteiger partial charge in [-0.2, -0.15) is 0 Å². The quantitative estimate of drug-likeness (QED) is 0.643. The molecule has 1 saturated heterocycles. The van der Waals surface area contributed by atoms with Crippen LogP contribution < -0.4 is 10.1 Å². The van der Waals surface area contributed by atoms with E-state index in [1.807, 2.05) is 0 Å². The van der Waals surface area contributed by atoms with Gasteiger partial charge < -0.3 is 15.0 Å². The Morgan fingerprint density at radius 2 is 2.15 bits per heavy atom. The Hall–Kier alpha value is -2.15. The Morgan fingerprint density at radius 1 is 1.45 bits per heavy atom. The van der Waals surface area contributed by atoms with E-state index < -0.39 is 4.92 Å². The number of amides is 1. The number of nitro groups is 1. The molecule has 0 atom stereocenters. The molecule has 7 nitrogen and oxygen atoms in total. The number of carbonyl (C=O) groups excluding carboxylic acids is 1. The van der Waals surface area contributed by atoms with Gasteiger partial charge in [0, 0.05) is 32.2 Å². The van der Waals surface area contributed by atoms with Crippen LogP contribution in [0, 0.1) is 10.1 Å². The first-order valence-corrected chi connectivity index (χ1v) is 6.41. The average Bonchev–Trinajstić information content (AvgIpc) is 2.48. The molecule has 0 spiro atoms. The summed E-state index contributed by atoms with van der Waals surface area (Å²) in [6, 6.07) is 4.61. The molecule has 1 amide bonds. The largest absolute Gasteiger partial charge is 0.490 e. The number of ether oxygens (including phenoxy) is 1. The van der Waals surface area contributed by atoms with Gasteiger partial charge in [0.05, 0.1) is 18.5 Å². The van der Waals surface area contributed by atoms with E-state index in [-0.39, 0.29) is 23.8 Å². The van der Waals surface area contributed by atoms with Gasteiger partial charge in [-0.25, -0.2) is 0 Å². The van der Waals surface area contributed by atoms with Gasteiger partial charge in [-0.05, 0) is 11.6 Å². The highest BCUT2D eigenvalue weighted by Crippen LogP contribution is 2.27. The fourth-order valence-corrected chi connectivity index (χ4v) is 2.19. The smallest absolute Gasteiger partial charge is 0.311 e. The van der Waals surface area contributed by atoms with Gasteiger partial charge in [0.2, 0.25) is 5.91 Å². The van der Waals surface area contributed by atoms with Crippen LogP contribution in [-0.2, 0) is 11.2 Å². The van der Waals surface area contributed by atoms with E-state index in [1.54, 1.807) is 11.0 Å². The van der Waals surface area contributed by atoms with Gasteiger partial charge in [-0.3, -0.25) is 14.9 Å². The average molecular weight is 279 g/mol. The zero-order chi connectivity index (χ0) is 14.5. The molecule has 1 aliphatic rings. The highest BCUT2D eigenvalue weighted by atomic mass is 16.6. The first-order valence-electron chi connectivity index (χ1n) is 6.41. The lowest BCUT2D eigenvalue weighted by Gasteiger charge is -2.27. The molecule has 108 valence electrons. The zero-order valence-corrected chi connectivity index (χ0v) is 11.3. The topological polar surface area (TPSA) is 84.7 Å². The summed E-state index contributed by atoms with van der Waals surface area (Å²) in [5, 5.41) is 14.1. The Balaban J connectivity index is 2.10. The van der Waals surface area contributed by atoms with Crippen LogP contribution >= 0.6 is 0 Å². The second kappa shape index (κ2) is 6.33. The maximum Gasteiger partial charge on any atom is 0.311 e. The second-order valence-corrected chi connectivity index (χ2v) is 4.57. The zero-order valence-electron chi connectivity index (χ0n) is 11.3. The van der Waals surface area contributed by atoms with Crippen LogP contribution in [0.4, 0.5) is 5.69 Å². The summed E-state index contributed by atoms with van der Waals surface area (Å²) in [6.45, 7) is 2.93. The van der Waals surface area contributed by atoms with E-state index in [2.05, 4.69) is 5.32 Å². The van der Waals surface area contributed by atoms with E-state index in [9.17, 15) is 14.9 Å². The van der Waals surface area contributed by atoms with Crippen molar-refractivity contribution in [3.8, 4) is 5.75 Å². The molecule has 1 N–H and O–H groups in total. The van der Waals surface area contributed by atoms with Crippen molar-refractivity contribution in [2.45, 2.75) is 6.42 Å². The lowest BCUT2D eigenvalue weighted by atomic mass is 10.1. The van der Waals surface area contributed by atoms with Gasteiger partial charge in [0.15, 0.2) is 5.75 Å². The molecule has 0 aliphatic carbocycles. The molecule has 0 aromatic heterocycles. The van der Waals surface area contributed by atoms with Gasteiger partial charge in [0.1, 0.15) is 0 Å². The molecule has 0 unspecified atom stereocenters. The number of hydrogen-bond donors (Lipinski definition) is 1. The first-order chi connectivity index (χ1) is 9.61. The number of nitro benzene ring substituents is 1. The van der Waals surface area contributed by atoms with Crippen molar-refractivity contribution < 1.29 is 14.5 Å². The predicted octanol–water partition coefficient (Wildman–Crippen LogP) is 0.578. The monoisotopic (exact) mass is 279 g/mol. The molecule has 1 fully saturated rings. The van der Waals surface area contributed by atoms with E-state index in [1.165, 1.54) is 19.2 Å². The third-order valence-corrected chi connectivity index (χ3v) is 3.27. The molecule has 0 saturated carbocycles. The molecule has 1 aliphatic heterocycles. The Labute approximate surface area is 116 Å². The van der Waals surface area contributed by atoms with Crippen molar-refractivity contribution in [3.63, 3.8) is 0 Å². The van der Waals surface area contributed by atoms with Crippen LogP contribution in [0.1, 0.15) is 5.56 Å². The molecule has 2 rings (SSSR count). The number of nitrogens with zero attached hydrogens (tertiary/aromatic N) is 2. The molecule has 1 heterocycles. The minimum absolute atomic E-state index is 0.00837. The third kappa shape index (κ3) is 3.24. The third-order valence-electron chi connectivity index (χ3n) is 3.27. The molecular formula is C13H17N3O4.